The van der Waals surface area contributed by atoms with Gasteiger partial charge in [0.05, 0.1) is 11.4 Å². The summed E-state index contributed by atoms with van der Waals surface area (Å²) in [6.07, 6.45) is 0. The summed E-state index contributed by atoms with van der Waals surface area (Å²) < 4.78 is 2.10. The van der Waals surface area contributed by atoms with Crippen LogP contribution in [0.1, 0.15) is 58.5 Å². The first-order valence-electron chi connectivity index (χ1n) is 7.27. The molecule has 0 aliphatic rings. The van der Waals surface area contributed by atoms with Crippen molar-refractivity contribution in [3.05, 3.63) is 47.3 Å². The van der Waals surface area contributed by atoms with E-state index in [2.05, 4.69) is 83.5 Å². The molecule has 1 aromatic carbocycles. The van der Waals surface area contributed by atoms with Gasteiger partial charge in [0.2, 0.25) is 0 Å². The fraction of sp³-hybridized carbons (Fsp3) is 0.500. The second kappa shape index (κ2) is 4.76. The molecule has 0 saturated carbocycles. The maximum Gasteiger partial charge on any atom is 0.0685 e. The van der Waals surface area contributed by atoms with Crippen molar-refractivity contribution in [2.24, 2.45) is 0 Å². The van der Waals surface area contributed by atoms with Gasteiger partial charge in [-0.1, -0.05) is 59.2 Å². The van der Waals surface area contributed by atoms with Crippen LogP contribution >= 0.6 is 0 Å². The van der Waals surface area contributed by atoms with Crippen LogP contribution in [0.5, 0.6) is 0 Å². The van der Waals surface area contributed by atoms with Crippen molar-refractivity contribution >= 4 is 0 Å². The summed E-state index contributed by atoms with van der Waals surface area (Å²) in [4.78, 5) is 0. The maximum absolute atomic E-state index is 4.86. The summed E-state index contributed by atoms with van der Waals surface area (Å²) in [5, 5.41) is 4.86. The molecule has 0 fully saturated rings. The van der Waals surface area contributed by atoms with Crippen molar-refractivity contribution in [1.29, 1.82) is 0 Å². The maximum atomic E-state index is 4.86. The number of aryl methyl sites for hydroxylation is 1. The molecule has 108 valence electrons. The number of hydrogen-bond donors (Lipinski definition) is 0. The third-order valence-corrected chi connectivity index (χ3v) is 3.52. The van der Waals surface area contributed by atoms with Gasteiger partial charge in [-0.25, -0.2) is 4.68 Å². The molecule has 0 N–H and O–H groups in total. The van der Waals surface area contributed by atoms with Gasteiger partial charge in [0, 0.05) is 16.5 Å². The van der Waals surface area contributed by atoms with Crippen molar-refractivity contribution < 1.29 is 0 Å². The van der Waals surface area contributed by atoms with Crippen LogP contribution in [0.4, 0.5) is 0 Å². The predicted molar refractivity (Wildman–Crippen MR) is 85.7 cm³/mol. The third kappa shape index (κ3) is 2.95. The summed E-state index contributed by atoms with van der Waals surface area (Å²) >= 11 is 0. The molecule has 0 atom stereocenters. The minimum atomic E-state index is 0.0654. The van der Waals surface area contributed by atoms with Gasteiger partial charge in [-0.3, -0.25) is 0 Å². The van der Waals surface area contributed by atoms with Crippen LogP contribution < -0.4 is 0 Å². The zero-order chi connectivity index (χ0) is 15.1. The zero-order valence-corrected chi connectivity index (χ0v) is 13.8. The van der Waals surface area contributed by atoms with E-state index in [1.165, 1.54) is 11.3 Å². The van der Waals surface area contributed by atoms with Gasteiger partial charge >= 0.3 is 0 Å². The van der Waals surface area contributed by atoms with Crippen LogP contribution in [0.3, 0.4) is 0 Å². The van der Waals surface area contributed by atoms with Crippen LogP contribution in [0, 0.1) is 6.92 Å². The SMILES string of the molecule is Cc1ccc(-n2nc(C(C)(C)C)cc2C(C)(C)C)cc1. The van der Waals surface area contributed by atoms with E-state index in [0.717, 1.165) is 11.4 Å². The standard InChI is InChI=1S/C18H26N2/c1-13-8-10-14(11-9-13)20-16(18(5,6)7)12-15(19-20)17(2,3)4/h8-12H,1-7H3. The number of rotatable bonds is 1. The summed E-state index contributed by atoms with van der Waals surface area (Å²) in [7, 11) is 0. The highest BCUT2D eigenvalue weighted by Gasteiger charge is 2.26. The Hall–Kier alpha value is -1.57. The van der Waals surface area contributed by atoms with Crippen molar-refractivity contribution in [3.63, 3.8) is 0 Å². The normalized spacial score (nSPS) is 12.8. The second-order valence-corrected chi connectivity index (χ2v) is 7.66. The molecule has 0 amide bonds. The lowest BCUT2D eigenvalue weighted by molar-refractivity contribution is 0.537. The van der Waals surface area contributed by atoms with E-state index in [-0.39, 0.29) is 10.8 Å². The first kappa shape index (κ1) is 14.8. The van der Waals surface area contributed by atoms with Crippen LogP contribution in [0.15, 0.2) is 30.3 Å². The highest BCUT2D eigenvalue weighted by Crippen LogP contribution is 2.30. The molecule has 2 heteroatoms. The van der Waals surface area contributed by atoms with E-state index in [1.54, 1.807) is 0 Å². The topological polar surface area (TPSA) is 17.8 Å². The molecular weight excluding hydrogens is 244 g/mol. The molecule has 0 bridgehead atoms. The van der Waals surface area contributed by atoms with E-state index in [1.807, 2.05) is 0 Å². The predicted octanol–water partition coefficient (Wildman–Crippen LogP) is 4.78. The van der Waals surface area contributed by atoms with Crippen LogP contribution in [0.25, 0.3) is 5.69 Å². The summed E-state index contributed by atoms with van der Waals surface area (Å²) in [6, 6.07) is 10.8. The van der Waals surface area contributed by atoms with Gasteiger partial charge in [-0.05, 0) is 25.1 Å². The fourth-order valence-corrected chi connectivity index (χ4v) is 2.16. The molecule has 2 aromatic rings. The fourth-order valence-electron chi connectivity index (χ4n) is 2.16. The van der Waals surface area contributed by atoms with Crippen LogP contribution in [0.2, 0.25) is 0 Å². The summed E-state index contributed by atoms with van der Waals surface area (Å²) in [6.45, 7) is 15.4. The van der Waals surface area contributed by atoms with Gasteiger partial charge in [0.15, 0.2) is 0 Å². The third-order valence-electron chi connectivity index (χ3n) is 3.52. The Bertz CT molecular complexity index is 590. The van der Waals surface area contributed by atoms with Crippen molar-refractivity contribution in [3.8, 4) is 5.69 Å². The Morgan fingerprint density at radius 3 is 1.85 bits per heavy atom. The first-order chi connectivity index (χ1) is 9.09. The van der Waals surface area contributed by atoms with Gasteiger partial charge in [0.1, 0.15) is 0 Å². The Labute approximate surface area is 122 Å². The van der Waals surface area contributed by atoms with Gasteiger partial charge in [-0.2, -0.15) is 5.10 Å². The molecule has 0 saturated heterocycles. The molecule has 0 radical (unpaired) electrons. The number of benzene rings is 1. The lowest BCUT2D eigenvalue weighted by Gasteiger charge is -2.20. The minimum absolute atomic E-state index is 0.0654. The second-order valence-electron chi connectivity index (χ2n) is 7.66. The van der Waals surface area contributed by atoms with E-state index in [0.29, 0.717) is 0 Å². The van der Waals surface area contributed by atoms with E-state index < -0.39 is 0 Å². The minimum Gasteiger partial charge on any atom is -0.237 e. The highest BCUT2D eigenvalue weighted by molar-refractivity contribution is 5.38. The number of hydrogen-bond acceptors (Lipinski definition) is 1. The Kier molecular flexibility index (Phi) is 3.53. The molecule has 2 rings (SSSR count). The highest BCUT2D eigenvalue weighted by atomic mass is 15.3. The summed E-state index contributed by atoms with van der Waals surface area (Å²) in [5.41, 5.74) is 4.94. The molecule has 0 aliphatic heterocycles. The van der Waals surface area contributed by atoms with Crippen molar-refractivity contribution in [1.82, 2.24) is 9.78 Å². The van der Waals surface area contributed by atoms with E-state index in [4.69, 9.17) is 5.10 Å². The molecule has 0 spiro atoms. The van der Waals surface area contributed by atoms with Crippen LogP contribution in [-0.2, 0) is 10.8 Å². The Morgan fingerprint density at radius 1 is 0.850 bits per heavy atom. The van der Waals surface area contributed by atoms with Crippen molar-refractivity contribution in [2.45, 2.75) is 59.3 Å². The largest absolute Gasteiger partial charge is 0.237 e. The Balaban J connectivity index is 2.62. The first-order valence-corrected chi connectivity index (χ1v) is 7.27. The van der Waals surface area contributed by atoms with E-state index in [9.17, 15) is 0 Å². The number of aromatic nitrogens is 2. The average molecular weight is 270 g/mol. The molecule has 1 aromatic heterocycles. The lowest BCUT2D eigenvalue weighted by Crippen LogP contribution is -2.17. The monoisotopic (exact) mass is 270 g/mol. The molecular formula is C18H26N2. The average Bonchev–Trinajstić information content (AvgIpc) is 2.74. The van der Waals surface area contributed by atoms with Gasteiger partial charge < -0.3 is 0 Å². The van der Waals surface area contributed by atoms with Gasteiger partial charge in [-0.15, -0.1) is 0 Å². The molecule has 0 unspecified atom stereocenters. The zero-order valence-electron chi connectivity index (χ0n) is 13.8. The summed E-state index contributed by atoms with van der Waals surface area (Å²) in [5.74, 6) is 0. The molecule has 20 heavy (non-hydrogen) atoms. The van der Waals surface area contributed by atoms with Crippen molar-refractivity contribution in [2.75, 3.05) is 0 Å². The molecule has 2 nitrogen and oxygen atoms in total. The Morgan fingerprint density at radius 2 is 1.40 bits per heavy atom. The quantitative estimate of drug-likeness (QED) is 0.729. The lowest BCUT2D eigenvalue weighted by atomic mass is 9.88. The van der Waals surface area contributed by atoms with E-state index >= 15 is 0 Å². The molecule has 1 heterocycles. The van der Waals surface area contributed by atoms with Gasteiger partial charge in [0.25, 0.3) is 0 Å². The number of nitrogens with zero attached hydrogens (tertiary/aromatic N) is 2. The van der Waals surface area contributed by atoms with Crippen LogP contribution in [-0.4, -0.2) is 9.78 Å². The molecule has 0 aliphatic carbocycles. The smallest absolute Gasteiger partial charge is 0.0685 e.